The van der Waals surface area contributed by atoms with Crippen molar-refractivity contribution in [3.05, 3.63) is 35.9 Å². The molecular formula is C17H26N2O. The van der Waals surface area contributed by atoms with E-state index in [4.69, 9.17) is 0 Å². The topological polar surface area (TPSA) is 32.3 Å². The lowest BCUT2D eigenvalue weighted by molar-refractivity contribution is -0.132. The smallest absolute Gasteiger partial charge is 0.224 e. The highest BCUT2D eigenvalue weighted by Crippen LogP contribution is 2.15. The number of nitrogens with one attached hydrogen (secondary N) is 1. The minimum absolute atomic E-state index is 0.271. The molecule has 1 aromatic rings. The summed E-state index contributed by atoms with van der Waals surface area (Å²) in [7, 11) is 1.95. The lowest BCUT2D eigenvalue weighted by atomic mass is 10.0. The second-order valence-corrected chi connectivity index (χ2v) is 5.75. The molecule has 110 valence electrons. The minimum atomic E-state index is 0.271. The monoisotopic (exact) mass is 274 g/mol. The zero-order valence-electron chi connectivity index (χ0n) is 12.6. The Morgan fingerprint density at radius 3 is 2.75 bits per heavy atom. The van der Waals surface area contributed by atoms with Gasteiger partial charge in [0.25, 0.3) is 0 Å². The van der Waals surface area contributed by atoms with Crippen molar-refractivity contribution < 1.29 is 4.79 Å². The van der Waals surface area contributed by atoms with E-state index in [0.717, 1.165) is 25.8 Å². The summed E-state index contributed by atoms with van der Waals surface area (Å²) in [5.74, 6) is 0.271. The fourth-order valence-electron chi connectivity index (χ4n) is 2.93. The molecule has 1 amide bonds. The number of nitrogens with zero attached hydrogens (tertiary/aromatic N) is 1. The maximum absolute atomic E-state index is 12.4. The third-order valence-electron chi connectivity index (χ3n) is 4.31. The van der Waals surface area contributed by atoms with Gasteiger partial charge in [0.1, 0.15) is 0 Å². The van der Waals surface area contributed by atoms with E-state index in [2.05, 4.69) is 36.5 Å². The van der Waals surface area contributed by atoms with Crippen LogP contribution >= 0.6 is 0 Å². The van der Waals surface area contributed by atoms with Crippen LogP contribution in [0.15, 0.2) is 30.3 Å². The van der Waals surface area contributed by atoms with E-state index in [1.165, 1.54) is 12.0 Å². The van der Waals surface area contributed by atoms with Crippen molar-refractivity contribution in [2.75, 3.05) is 13.6 Å². The number of likely N-dealkylation sites (N-methyl/N-ethyl adjacent to an activating group) is 1. The molecule has 0 radical (unpaired) electrons. The van der Waals surface area contributed by atoms with Gasteiger partial charge in [-0.1, -0.05) is 37.3 Å². The van der Waals surface area contributed by atoms with Gasteiger partial charge in [0.05, 0.1) is 0 Å². The Hall–Kier alpha value is -1.35. The zero-order valence-corrected chi connectivity index (χ0v) is 12.6. The van der Waals surface area contributed by atoms with Crippen LogP contribution in [0, 0.1) is 0 Å². The van der Waals surface area contributed by atoms with Crippen molar-refractivity contribution in [3.63, 3.8) is 0 Å². The minimum Gasteiger partial charge on any atom is -0.342 e. The molecule has 3 heteroatoms. The van der Waals surface area contributed by atoms with E-state index in [1.54, 1.807) is 0 Å². The summed E-state index contributed by atoms with van der Waals surface area (Å²) in [4.78, 5) is 14.3. The van der Waals surface area contributed by atoms with E-state index in [1.807, 2.05) is 18.0 Å². The molecule has 2 unspecified atom stereocenters. The first-order valence-electron chi connectivity index (χ1n) is 7.73. The quantitative estimate of drug-likeness (QED) is 0.865. The van der Waals surface area contributed by atoms with Crippen LogP contribution in [0.5, 0.6) is 0 Å². The van der Waals surface area contributed by atoms with Gasteiger partial charge < -0.3 is 10.2 Å². The number of carbonyl (C=O) groups excluding carboxylic acids is 1. The van der Waals surface area contributed by atoms with Gasteiger partial charge in [0, 0.05) is 25.6 Å². The maximum atomic E-state index is 12.4. The van der Waals surface area contributed by atoms with Crippen LogP contribution in [-0.2, 0) is 11.2 Å². The Morgan fingerprint density at radius 1 is 1.40 bits per heavy atom. The van der Waals surface area contributed by atoms with Crippen LogP contribution in [0.25, 0.3) is 0 Å². The molecule has 1 N–H and O–H groups in total. The summed E-state index contributed by atoms with van der Waals surface area (Å²) in [6.45, 7) is 3.22. The van der Waals surface area contributed by atoms with Crippen LogP contribution in [0.3, 0.4) is 0 Å². The summed E-state index contributed by atoms with van der Waals surface area (Å²) < 4.78 is 0. The molecule has 0 bridgehead atoms. The molecule has 0 spiro atoms. The highest BCUT2D eigenvalue weighted by molar-refractivity contribution is 5.77. The van der Waals surface area contributed by atoms with Crippen LogP contribution < -0.4 is 5.32 Å². The van der Waals surface area contributed by atoms with Crippen LogP contribution in [0.1, 0.15) is 38.2 Å². The second-order valence-electron chi connectivity index (χ2n) is 5.75. The molecule has 1 aromatic carbocycles. The lowest BCUT2D eigenvalue weighted by Crippen LogP contribution is -2.40. The first kappa shape index (κ1) is 15.0. The molecule has 0 aromatic heterocycles. The predicted octanol–water partition coefficient (Wildman–Crippen LogP) is 2.61. The van der Waals surface area contributed by atoms with E-state index in [-0.39, 0.29) is 5.91 Å². The van der Waals surface area contributed by atoms with E-state index in [0.29, 0.717) is 18.5 Å². The molecule has 2 atom stereocenters. The highest BCUT2D eigenvalue weighted by Gasteiger charge is 2.23. The molecule has 20 heavy (non-hydrogen) atoms. The van der Waals surface area contributed by atoms with Gasteiger partial charge in [-0.2, -0.15) is 0 Å². The molecule has 1 saturated heterocycles. The van der Waals surface area contributed by atoms with Crippen LogP contribution in [-0.4, -0.2) is 36.5 Å². The largest absolute Gasteiger partial charge is 0.342 e. The van der Waals surface area contributed by atoms with Gasteiger partial charge >= 0.3 is 0 Å². The van der Waals surface area contributed by atoms with Gasteiger partial charge in [0.2, 0.25) is 5.91 Å². The fraction of sp³-hybridized carbons (Fsp3) is 0.588. The van der Waals surface area contributed by atoms with Gasteiger partial charge in [-0.05, 0) is 37.8 Å². The Labute approximate surface area is 122 Å². The molecule has 0 saturated carbocycles. The molecule has 1 fully saturated rings. The van der Waals surface area contributed by atoms with Crippen LogP contribution in [0.2, 0.25) is 0 Å². The number of rotatable bonds is 6. The summed E-state index contributed by atoms with van der Waals surface area (Å²) in [5.41, 5.74) is 1.30. The third kappa shape index (κ3) is 4.07. The van der Waals surface area contributed by atoms with Crippen LogP contribution in [0.4, 0.5) is 0 Å². The molecule has 1 heterocycles. The van der Waals surface area contributed by atoms with Gasteiger partial charge in [-0.3, -0.25) is 4.79 Å². The standard InChI is InChI=1S/C17H26N2O/c1-3-16(12-14-8-5-4-6-9-14)19(2)17(20)13-15-10-7-11-18-15/h4-6,8-9,15-16,18H,3,7,10-13H2,1-2H3. The number of benzene rings is 1. The number of carbonyl (C=O) groups is 1. The zero-order chi connectivity index (χ0) is 14.4. The highest BCUT2D eigenvalue weighted by atomic mass is 16.2. The first-order chi connectivity index (χ1) is 9.70. The van der Waals surface area contributed by atoms with Gasteiger partial charge in [0.15, 0.2) is 0 Å². The lowest BCUT2D eigenvalue weighted by Gasteiger charge is -2.28. The Kier molecular flexibility index (Phi) is 5.60. The average Bonchev–Trinajstić information content (AvgIpc) is 2.98. The number of amides is 1. The van der Waals surface area contributed by atoms with Crippen molar-refractivity contribution in [2.24, 2.45) is 0 Å². The summed E-state index contributed by atoms with van der Waals surface area (Å²) in [5, 5.41) is 3.40. The fourth-order valence-corrected chi connectivity index (χ4v) is 2.93. The third-order valence-corrected chi connectivity index (χ3v) is 4.31. The Bertz CT molecular complexity index is 412. The Balaban J connectivity index is 1.90. The normalized spacial score (nSPS) is 19.8. The van der Waals surface area contributed by atoms with Crippen molar-refractivity contribution in [3.8, 4) is 0 Å². The molecule has 1 aliphatic rings. The Morgan fingerprint density at radius 2 is 2.15 bits per heavy atom. The molecule has 3 nitrogen and oxygen atoms in total. The van der Waals surface area contributed by atoms with Gasteiger partial charge in [-0.25, -0.2) is 0 Å². The van der Waals surface area contributed by atoms with E-state index < -0.39 is 0 Å². The van der Waals surface area contributed by atoms with E-state index in [9.17, 15) is 4.79 Å². The number of hydrogen-bond acceptors (Lipinski definition) is 2. The summed E-state index contributed by atoms with van der Waals surface area (Å²) >= 11 is 0. The maximum Gasteiger partial charge on any atom is 0.224 e. The summed E-state index contributed by atoms with van der Waals surface area (Å²) in [6, 6.07) is 11.1. The SMILES string of the molecule is CCC(Cc1ccccc1)N(C)C(=O)CC1CCCN1. The van der Waals surface area contributed by atoms with Gasteiger partial charge in [-0.15, -0.1) is 0 Å². The van der Waals surface area contributed by atoms with Crippen molar-refractivity contribution in [1.29, 1.82) is 0 Å². The first-order valence-corrected chi connectivity index (χ1v) is 7.73. The molecular weight excluding hydrogens is 248 g/mol. The molecule has 0 aliphatic carbocycles. The second kappa shape index (κ2) is 7.44. The number of hydrogen-bond donors (Lipinski definition) is 1. The summed E-state index contributed by atoms with van der Waals surface area (Å²) in [6.07, 6.45) is 4.91. The molecule has 2 rings (SSSR count). The predicted molar refractivity (Wildman–Crippen MR) is 82.6 cm³/mol. The average molecular weight is 274 g/mol. The van der Waals surface area contributed by atoms with Crippen molar-refractivity contribution in [2.45, 2.75) is 51.1 Å². The van der Waals surface area contributed by atoms with Crippen molar-refractivity contribution >= 4 is 5.91 Å². The molecule has 1 aliphatic heterocycles. The van der Waals surface area contributed by atoms with Crippen molar-refractivity contribution in [1.82, 2.24) is 10.2 Å². The van der Waals surface area contributed by atoms with E-state index >= 15 is 0 Å².